The first-order chi connectivity index (χ1) is 5.95. The summed E-state index contributed by atoms with van der Waals surface area (Å²) in [7, 11) is 0. The van der Waals surface area contributed by atoms with E-state index in [-0.39, 0.29) is 0 Å². The van der Waals surface area contributed by atoms with E-state index in [4.69, 9.17) is 0 Å². The van der Waals surface area contributed by atoms with Gasteiger partial charge in [-0.3, -0.25) is 0 Å². The standard InChI is InChI=1S/C11H24N2/c1-8(2)12-10(5)7-11(6)13(12)9(3)4/h8-11H,7H2,1-6H3/t10-,11-/m1/s1. The monoisotopic (exact) mass is 184 g/mol. The maximum Gasteiger partial charge on any atom is 0.0236 e. The van der Waals surface area contributed by atoms with Crippen LogP contribution >= 0.6 is 0 Å². The third-order valence-corrected chi connectivity index (χ3v) is 2.91. The summed E-state index contributed by atoms with van der Waals surface area (Å²) in [6.07, 6.45) is 1.30. The van der Waals surface area contributed by atoms with Crippen LogP contribution in [0.25, 0.3) is 0 Å². The van der Waals surface area contributed by atoms with Crippen molar-refractivity contribution < 1.29 is 0 Å². The van der Waals surface area contributed by atoms with E-state index in [1.54, 1.807) is 0 Å². The highest BCUT2D eigenvalue weighted by Crippen LogP contribution is 2.28. The molecule has 78 valence electrons. The lowest BCUT2D eigenvalue weighted by Gasteiger charge is -2.38. The van der Waals surface area contributed by atoms with Gasteiger partial charge in [-0.25, -0.2) is 10.0 Å². The smallest absolute Gasteiger partial charge is 0.0236 e. The van der Waals surface area contributed by atoms with Crippen LogP contribution in [0.15, 0.2) is 0 Å². The van der Waals surface area contributed by atoms with Gasteiger partial charge in [-0.2, -0.15) is 0 Å². The lowest BCUT2D eigenvalue weighted by Crippen LogP contribution is -2.49. The molecule has 0 unspecified atom stereocenters. The van der Waals surface area contributed by atoms with Crippen LogP contribution in [0.3, 0.4) is 0 Å². The summed E-state index contributed by atoms with van der Waals surface area (Å²) in [5, 5.41) is 5.07. The van der Waals surface area contributed by atoms with Crippen molar-refractivity contribution in [1.29, 1.82) is 0 Å². The highest BCUT2D eigenvalue weighted by molar-refractivity contribution is 4.85. The molecule has 2 heteroatoms. The molecular weight excluding hydrogens is 160 g/mol. The van der Waals surface area contributed by atoms with Crippen molar-refractivity contribution in [2.24, 2.45) is 0 Å². The van der Waals surface area contributed by atoms with Crippen LogP contribution in [-0.4, -0.2) is 34.2 Å². The van der Waals surface area contributed by atoms with E-state index in [9.17, 15) is 0 Å². The van der Waals surface area contributed by atoms with Crippen LogP contribution in [0.1, 0.15) is 48.0 Å². The van der Waals surface area contributed by atoms with Gasteiger partial charge in [-0.15, -0.1) is 0 Å². The van der Waals surface area contributed by atoms with Crippen LogP contribution in [0.2, 0.25) is 0 Å². The van der Waals surface area contributed by atoms with Gasteiger partial charge in [0.2, 0.25) is 0 Å². The van der Waals surface area contributed by atoms with E-state index in [2.05, 4.69) is 51.6 Å². The molecule has 1 heterocycles. The minimum atomic E-state index is 0.627. The highest BCUT2D eigenvalue weighted by atomic mass is 15.7. The Morgan fingerprint density at radius 3 is 1.38 bits per heavy atom. The quantitative estimate of drug-likeness (QED) is 0.650. The molecule has 2 atom stereocenters. The fourth-order valence-electron chi connectivity index (χ4n) is 2.72. The molecule has 1 aliphatic rings. The summed E-state index contributed by atoms with van der Waals surface area (Å²) < 4.78 is 0. The fraction of sp³-hybridized carbons (Fsp3) is 1.00. The van der Waals surface area contributed by atoms with Gasteiger partial charge in [-0.1, -0.05) is 0 Å². The number of hydrogen-bond donors (Lipinski definition) is 0. The SMILES string of the molecule is CC(C)N1[C@H](C)C[C@@H](C)N1C(C)C. The molecule has 1 rings (SSSR count). The topological polar surface area (TPSA) is 6.48 Å². The van der Waals surface area contributed by atoms with Gasteiger partial charge in [0.25, 0.3) is 0 Å². The second kappa shape index (κ2) is 3.97. The zero-order valence-electron chi connectivity index (χ0n) is 9.91. The number of hydrazine groups is 1. The first kappa shape index (κ1) is 11.0. The minimum absolute atomic E-state index is 0.627. The largest absolute Gasteiger partial charge is 0.236 e. The van der Waals surface area contributed by atoms with Gasteiger partial charge in [0, 0.05) is 24.2 Å². The summed E-state index contributed by atoms with van der Waals surface area (Å²) in [6, 6.07) is 2.67. The Labute approximate surface area is 82.9 Å². The molecule has 0 radical (unpaired) electrons. The Bertz CT molecular complexity index is 147. The first-order valence-electron chi connectivity index (χ1n) is 5.51. The van der Waals surface area contributed by atoms with Crippen LogP contribution < -0.4 is 0 Å². The normalized spacial score (nSPS) is 32.3. The molecule has 0 aromatic heterocycles. The summed E-state index contributed by atoms with van der Waals surface area (Å²) in [5.41, 5.74) is 0. The van der Waals surface area contributed by atoms with Crippen molar-refractivity contribution in [2.45, 2.75) is 72.1 Å². The highest BCUT2D eigenvalue weighted by Gasteiger charge is 2.36. The van der Waals surface area contributed by atoms with Crippen LogP contribution in [0, 0.1) is 0 Å². The lowest BCUT2D eigenvalue weighted by molar-refractivity contribution is -0.0686. The summed E-state index contributed by atoms with van der Waals surface area (Å²) >= 11 is 0. The number of rotatable bonds is 2. The molecule has 0 amide bonds. The molecule has 0 aromatic carbocycles. The fourth-order valence-corrected chi connectivity index (χ4v) is 2.72. The van der Waals surface area contributed by atoms with Crippen LogP contribution in [0.5, 0.6) is 0 Å². The predicted octanol–water partition coefficient (Wildman–Crippen LogP) is 2.50. The molecule has 0 spiro atoms. The van der Waals surface area contributed by atoms with Crippen molar-refractivity contribution in [2.75, 3.05) is 0 Å². The van der Waals surface area contributed by atoms with E-state index in [1.165, 1.54) is 6.42 Å². The van der Waals surface area contributed by atoms with Crippen LogP contribution in [0.4, 0.5) is 0 Å². The Morgan fingerprint density at radius 1 is 0.846 bits per heavy atom. The molecule has 0 N–H and O–H groups in total. The summed E-state index contributed by atoms with van der Waals surface area (Å²) in [4.78, 5) is 0. The Morgan fingerprint density at radius 2 is 1.15 bits per heavy atom. The van der Waals surface area contributed by atoms with E-state index in [0.29, 0.717) is 24.2 Å². The van der Waals surface area contributed by atoms with Crippen molar-refractivity contribution in [3.8, 4) is 0 Å². The molecule has 13 heavy (non-hydrogen) atoms. The summed E-state index contributed by atoms with van der Waals surface area (Å²) in [6.45, 7) is 13.8. The van der Waals surface area contributed by atoms with Crippen molar-refractivity contribution >= 4 is 0 Å². The summed E-state index contributed by atoms with van der Waals surface area (Å²) in [5.74, 6) is 0. The Hall–Kier alpha value is -0.0800. The van der Waals surface area contributed by atoms with Gasteiger partial charge < -0.3 is 0 Å². The predicted molar refractivity (Wildman–Crippen MR) is 57.5 cm³/mol. The Kier molecular flexibility index (Phi) is 3.36. The zero-order chi connectivity index (χ0) is 10.2. The second-order valence-corrected chi connectivity index (χ2v) is 4.88. The third-order valence-electron chi connectivity index (χ3n) is 2.91. The minimum Gasteiger partial charge on any atom is -0.236 e. The maximum absolute atomic E-state index is 2.54. The average molecular weight is 184 g/mol. The molecule has 0 bridgehead atoms. The van der Waals surface area contributed by atoms with E-state index < -0.39 is 0 Å². The average Bonchev–Trinajstić information content (AvgIpc) is 2.24. The van der Waals surface area contributed by atoms with Gasteiger partial charge in [0.05, 0.1) is 0 Å². The van der Waals surface area contributed by atoms with Crippen molar-refractivity contribution in [1.82, 2.24) is 10.0 Å². The van der Waals surface area contributed by atoms with E-state index >= 15 is 0 Å². The molecule has 1 saturated heterocycles. The first-order valence-corrected chi connectivity index (χ1v) is 5.51. The van der Waals surface area contributed by atoms with Gasteiger partial charge in [0.1, 0.15) is 0 Å². The maximum atomic E-state index is 2.54. The van der Waals surface area contributed by atoms with Gasteiger partial charge >= 0.3 is 0 Å². The van der Waals surface area contributed by atoms with Gasteiger partial charge in [-0.05, 0) is 48.0 Å². The van der Waals surface area contributed by atoms with E-state index in [0.717, 1.165) is 0 Å². The molecule has 0 aromatic rings. The molecule has 0 saturated carbocycles. The molecule has 0 aliphatic carbocycles. The number of hydrogen-bond acceptors (Lipinski definition) is 2. The molecule has 1 aliphatic heterocycles. The molecular formula is C11H24N2. The lowest BCUT2D eigenvalue weighted by atomic mass is 10.1. The van der Waals surface area contributed by atoms with Crippen molar-refractivity contribution in [3.63, 3.8) is 0 Å². The van der Waals surface area contributed by atoms with Crippen molar-refractivity contribution in [3.05, 3.63) is 0 Å². The number of nitrogens with zero attached hydrogens (tertiary/aromatic N) is 2. The second-order valence-electron chi connectivity index (χ2n) is 4.88. The van der Waals surface area contributed by atoms with E-state index in [1.807, 2.05) is 0 Å². The zero-order valence-corrected chi connectivity index (χ0v) is 9.91. The Balaban J connectivity index is 2.77. The van der Waals surface area contributed by atoms with Crippen LogP contribution in [-0.2, 0) is 0 Å². The molecule has 1 fully saturated rings. The molecule has 2 nitrogen and oxygen atoms in total. The van der Waals surface area contributed by atoms with Gasteiger partial charge in [0.15, 0.2) is 0 Å². The third kappa shape index (κ3) is 2.05.